The van der Waals surface area contributed by atoms with Crippen LogP contribution in [0, 0.1) is 6.92 Å². The lowest BCUT2D eigenvalue weighted by Gasteiger charge is -2.27. The van der Waals surface area contributed by atoms with Gasteiger partial charge >= 0.3 is 0 Å². The standard InChI is InChI=1S/C22H21N5O/c1-13-5-4-6-14(9-13)16-11-18-17-10-15(20-24-22(23)25-28-20)7-8-19(17)27(3)21(18)26(2)12-16/h4-11H,12H2,1-3H3,(H2,23,25). The van der Waals surface area contributed by atoms with E-state index >= 15 is 0 Å². The minimum atomic E-state index is 0.145. The number of nitrogens with two attached hydrogens (primary N) is 1. The van der Waals surface area contributed by atoms with Crippen molar-refractivity contribution in [2.45, 2.75) is 6.92 Å². The molecule has 4 aromatic rings. The summed E-state index contributed by atoms with van der Waals surface area (Å²) in [5, 5.41) is 4.86. The van der Waals surface area contributed by atoms with Gasteiger partial charge in [-0.05, 0) is 47.5 Å². The molecule has 6 heteroatoms. The maximum Gasteiger partial charge on any atom is 0.261 e. The number of nitrogen functional groups attached to an aromatic ring is 1. The van der Waals surface area contributed by atoms with Crippen LogP contribution in [0.15, 0.2) is 47.0 Å². The first-order chi connectivity index (χ1) is 13.5. The molecule has 0 unspecified atom stereocenters. The van der Waals surface area contributed by atoms with Crippen molar-refractivity contribution in [1.82, 2.24) is 14.7 Å². The summed E-state index contributed by atoms with van der Waals surface area (Å²) in [6, 6.07) is 14.8. The molecule has 0 amide bonds. The van der Waals surface area contributed by atoms with Crippen molar-refractivity contribution in [2.24, 2.45) is 7.05 Å². The number of likely N-dealkylation sites (N-methyl/N-ethyl adjacent to an activating group) is 1. The third kappa shape index (κ3) is 2.49. The summed E-state index contributed by atoms with van der Waals surface area (Å²) in [7, 11) is 4.24. The SMILES string of the molecule is Cc1cccc(C2=Cc3c(n(C)c4ccc(-c5nc(N)no5)cc34)N(C)C2)c1. The molecule has 0 saturated heterocycles. The van der Waals surface area contributed by atoms with Crippen molar-refractivity contribution in [3.05, 3.63) is 59.2 Å². The first-order valence-corrected chi connectivity index (χ1v) is 9.22. The van der Waals surface area contributed by atoms with Crippen LogP contribution in [0.1, 0.15) is 16.7 Å². The van der Waals surface area contributed by atoms with E-state index in [1.807, 2.05) is 6.07 Å². The van der Waals surface area contributed by atoms with Gasteiger partial charge in [-0.3, -0.25) is 0 Å². The van der Waals surface area contributed by atoms with Crippen LogP contribution >= 0.6 is 0 Å². The van der Waals surface area contributed by atoms with Crippen molar-refractivity contribution in [2.75, 3.05) is 24.2 Å². The summed E-state index contributed by atoms with van der Waals surface area (Å²) < 4.78 is 7.49. The van der Waals surface area contributed by atoms with Crippen LogP contribution in [0.25, 0.3) is 34.0 Å². The van der Waals surface area contributed by atoms with Crippen molar-refractivity contribution in [3.63, 3.8) is 0 Å². The molecule has 0 spiro atoms. The largest absolute Gasteiger partial charge is 0.365 e. The second kappa shape index (κ2) is 5.99. The minimum Gasteiger partial charge on any atom is -0.365 e. The Hall–Kier alpha value is -3.54. The minimum absolute atomic E-state index is 0.145. The number of anilines is 2. The van der Waals surface area contributed by atoms with Crippen molar-refractivity contribution < 1.29 is 4.52 Å². The summed E-state index contributed by atoms with van der Waals surface area (Å²) in [6.07, 6.45) is 2.30. The second-order valence-corrected chi connectivity index (χ2v) is 7.38. The smallest absolute Gasteiger partial charge is 0.261 e. The number of aromatic nitrogens is 3. The highest BCUT2D eigenvalue weighted by Crippen LogP contribution is 2.40. The molecule has 5 rings (SSSR count). The molecule has 0 atom stereocenters. The fourth-order valence-electron chi connectivity index (χ4n) is 4.12. The van der Waals surface area contributed by atoms with Gasteiger partial charge in [-0.15, -0.1) is 0 Å². The van der Waals surface area contributed by atoms with Gasteiger partial charge in [0.2, 0.25) is 0 Å². The topological polar surface area (TPSA) is 73.1 Å². The van der Waals surface area contributed by atoms with Gasteiger partial charge in [-0.2, -0.15) is 4.98 Å². The Morgan fingerprint density at radius 3 is 2.68 bits per heavy atom. The summed E-state index contributed by atoms with van der Waals surface area (Å²) in [6.45, 7) is 3.00. The molecular weight excluding hydrogens is 350 g/mol. The average Bonchev–Trinajstić information content (AvgIpc) is 3.24. The fourth-order valence-corrected chi connectivity index (χ4v) is 4.12. The molecule has 1 aliphatic heterocycles. The zero-order chi connectivity index (χ0) is 19.4. The van der Waals surface area contributed by atoms with E-state index in [2.05, 4.69) is 83.1 Å². The zero-order valence-electron chi connectivity index (χ0n) is 16.1. The number of rotatable bonds is 2. The van der Waals surface area contributed by atoms with Crippen LogP contribution in [0.3, 0.4) is 0 Å². The summed E-state index contributed by atoms with van der Waals surface area (Å²) >= 11 is 0. The molecule has 6 nitrogen and oxygen atoms in total. The van der Waals surface area contributed by atoms with Gasteiger partial charge in [0, 0.05) is 37.2 Å². The Morgan fingerprint density at radius 2 is 1.93 bits per heavy atom. The third-order valence-electron chi connectivity index (χ3n) is 5.37. The molecule has 0 bridgehead atoms. The molecule has 3 heterocycles. The Labute approximate surface area is 162 Å². The van der Waals surface area contributed by atoms with Crippen molar-refractivity contribution in [1.29, 1.82) is 0 Å². The van der Waals surface area contributed by atoms with E-state index in [1.165, 1.54) is 28.1 Å². The molecule has 28 heavy (non-hydrogen) atoms. The van der Waals surface area contributed by atoms with E-state index in [0.29, 0.717) is 5.89 Å². The van der Waals surface area contributed by atoms with Crippen LogP contribution in [0.5, 0.6) is 0 Å². The highest BCUT2D eigenvalue weighted by Gasteiger charge is 2.23. The van der Waals surface area contributed by atoms with Gasteiger partial charge in [-0.25, -0.2) is 0 Å². The summed E-state index contributed by atoms with van der Waals surface area (Å²) in [5.41, 5.74) is 12.7. The predicted octanol–water partition coefficient (Wildman–Crippen LogP) is 4.11. The van der Waals surface area contributed by atoms with E-state index in [9.17, 15) is 0 Å². The second-order valence-electron chi connectivity index (χ2n) is 7.38. The van der Waals surface area contributed by atoms with Crippen LogP contribution in [0.4, 0.5) is 11.8 Å². The highest BCUT2D eigenvalue weighted by molar-refractivity contribution is 6.04. The van der Waals surface area contributed by atoms with Gasteiger partial charge in [0.15, 0.2) is 0 Å². The normalized spacial score (nSPS) is 13.7. The Bertz CT molecular complexity index is 1250. The van der Waals surface area contributed by atoms with Gasteiger partial charge in [0.25, 0.3) is 11.8 Å². The number of hydrogen-bond acceptors (Lipinski definition) is 5. The molecule has 0 saturated carbocycles. The fraction of sp³-hybridized carbons (Fsp3) is 0.182. The van der Waals surface area contributed by atoms with E-state index in [-0.39, 0.29) is 5.95 Å². The molecule has 2 aromatic carbocycles. The van der Waals surface area contributed by atoms with Crippen molar-refractivity contribution in [3.8, 4) is 11.5 Å². The third-order valence-corrected chi connectivity index (χ3v) is 5.37. The van der Waals surface area contributed by atoms with E-state index in [0.717, 1.165) is 23.0 Å². The number of hydrogen-bond donors (Lipinski definition) is 1. The lowest BCUT2D eigenvalue weighted by Crippen LogP contribution is -2.25. The number of fused-ring (bicyclic) bond motifs is 3. The Balaban J connectivity index is 1.72. The van der Waals surface area contributed by atoms with Crippen LogP contribution in [-0.4, -0.2) is 28.3 Å². The number of aryl methyl sites for hydroxylation is 2. The van der Waals surface area contributed by atoms with E-state index < -0.39 is 0 Å². The molecule has 0 fully saturated rings. The maximum absolute atomic E-state index is 5.62. The Morgan fingerprint density at radius 1 is 1.07 bits per heavy atom. The molecular formula is C22H21N5O. The maximum atomic E-state index is 5.62. The molecule has 2 N–H and O–H groups in total. The van der Waals surface area contributed by atoms with Crippen LogP contribution in [-0.2, 0) is 7.05 Å². The highest BCUT2D eigenvalue weighted by atomic mass is 16.5. The average molecular weight is 371 g/mol. The zero-order valence-corrected chi connectivity index (χ0v) is 16.1. The molecule has 2 aromatic heterocycles. The van der Waals surface area contributed by atoms with E-state index in [1.54, 1.807) is 0 Å². The predicted molar refractivity (Wildman–Crippen MR) is 113 cm³/mol. The number of nitrogens with zero attached hydrogens (tertiary/aromatic N) is 4. The van der Waals surface area contributed by atoms with Gasteiger partial charge in [-0.1, -0.05) is 29.8 Å². The molecule has 0 radical (unpaired) electrons. The first-order valence-electron chi connectivity index (χ1n) is 9.22. The molecule has 1 aliphatic rings. The van der Waals surface area contributed by atoms with Crippen molar-refractivity contribution >= 4 is 34.3 Å². The lowest BCUT2D eigenvalue weighted by atomic mass is 9.97. The van der Waals surface area contributed by atoms with Crippen LogP contribution in [0.2, 0.25) is 0 Å². The molecule has 0 aliphatic carbocycles. The van der Waals surface area contributed by atoms with Gasteiger partial charge < -0.3 is 19.7 Å². The monoisotopic (exact) mass is 371 g/mol. The first kappa shape index (κ1) is 16.6. The Kier molecular flexibility index (Phi) is 3.55. The van der Waals surface area contributed by atoms with Crippen LogP contribution < -0.4 is 10.6 Å². The van der Waals surface area contributed by atoms with E-state index in [4.69, 9.17) is 10.3 Å². The van der Waals surface area contributed by atoms with Gasteiger partial charge in [0.1, 0.15) is 5.82 Å². The summed E-state index contributed by atoms with van der Waals surface area (Å²) in [5.74, 6) is 1.78. The molecule has 140 valence electrons. The summed E-state index contributed by atoms with van der Waals surface area (Å²) in [4.78, 5) is 6.46. The van der Waals surface area contributed by atoms with Gasteiger partial charge in [0.05, 0.1) is 5.52 Å². The lowest BCUT2D eigenvalue weighted by molar-refractivity contribution is 0.433. The quantitative estimate of drug-likeness (QED) is 0.574. The number of benzene rings is 2.